The van der Waals surface area contributed by atoms with Crippen LogP contribution in [0.4, 0.5) is 0 Å². The highest BCUT2D eigenvalue weighted by Gasteiger charge is 2.21. The third-order valence-corrected chi connectivity index (χ3v) is 5.28. The molecule has 0 bridgehead atoms. The fraction of sp³-hybridized carbons (Fsp3) is 0.941. The Labute approximate surface area is 130 Å². The van der Waals surface area contributed by atoms with Crippen LogP contribution in [0.1, 0.15) is 46.5 Å². The first-order chi connectivity index (χ1) is 10.1. The summed E-state index contributed by atoms with van der Waals surface area (Å²) in [5, 5.41) is 0. The van der Waals surface area contributed by atoms with Gasteiger partial charge in [-0.2, -0.15) is 0 Å². The Balaban J connectivity index is 1.56. The average molecular weight is 295 g/mol. The van der Waals surface area contributed by atoms with E-state index in [-0.39, 0.29) is 5.91 Å². The molecule has 2 saturated heterocycles. The summed E-state index contributed by atoms with van der Waals surface area (Å²) in [6.07, 6.45) is 5.09. The van der Waals surface area contributed by atoms with Crippen molar-refractivity contribution in [2.45, 2.75) is 52.5 Å². The maximum atomic E-state index is 11.3. The lowest BCUT2D eigenvalue weighted by atomic mass is 9.92. The van der Waals surface area contributed by atoms with Crippen molar-refractivity contribution in [3.63, 3.8) is 0 Å². The highest BCUT2D eigenvalue weighted by atomic mass is 16.2. The second-order valence-electron chi connectivity index (χ2n) is 7.06. The zero-order valence-corrected chi connectivity index (χ0v) is 14.2. The Bertz CT molecular complexity index is 316. The molecule has 2 heterocycles. The topological polar surface area (TPSA) is 26.8 Å². The van der Waals surface area contributed by atoms with Crippen molar-refractivity contribution >= 4 is 5.91 Å². The summed E-state index contributed by atoms with van der Waals surface area (Å²) in [5.74, 6) is 1.09. The van der Waals surface area contributed by atoms with Crippen LogP contribution in [0.25, 0.3) is 0 Å². The predicted molar refractivity (Wildman–Crippen MR) is 87.4 cm³/mol. The molecule has 1 amide bonds. The Morgan fingerprint density at radius 1 is 1.05 bits per heavy atom. The third kappa shape index (κ3) is 5.26. The van der Waals surface area contributed by atoms with Crippen molar-refractivity contribution in [2.75, 3.05) is 45.8 Å². The van der Waals surface area contributed by atoms with E-state index in [1.807, 2.05) is 4.90 Å². The molecule has 0 N–H and O–H groups in total. The van der Waals surface area contributed by atoms with Gasteiger partial charge >= 0.3 is 0 Å². The van der Waals surface area contributed by atoms with Gasteiger partial charge < -0.3 is 9.80 Å². The summed E-state index contributed by atoms with van der Waals surface area (Å²) >= 11 is 0. The lowest BCUT2D eigenvalue weighted by molar-refractivity contribution is -0.130. The van der Waals surface area contributed by atoms with Gasteiger partial charge in [-0.15, -0.1) is 0 Å². The number of carbonyl (C=O) groups excluding carboxylic acids is 1. The largest absolute Gasteiger partial charge is 0.343 e. The Morgan fingerprint density at radius 3 is 2.19 bits per heavy atom. The summed E-state index contributed by atoms with van der Waals surface area (Å²) in [6, 6.07) is 0.693. The smallest absolute Gasteiger partial charge is 0.219 e. The number of hydrogen-bond donors (Lipinski definition) is 0. The average Bonchev–Trinajstić information content (AvgIpc) is 2.48. The Kier molecular flexibility index (Phi) is 6.49. The molecule has 0 aromatic heterocycles. The van der Waals surface area contributed by atoms with Crippen LogP contribution in [0.2, 0.25) is 0 Å². The van der Waals surface area contributed by atoms with Gasteiger partial charge in [-0.1, -0.05) is 0 Å². The summed E-state index contributed by atoms with van der Waals surface area (Å²) < 4.78 is 0. The maximum Gasteiger partial charge on any atom is 0.219 e. The number of rotatable bonds is 5. The molecule has 2 rings (SSSR count). The fourth-order valence-electron chi connectivity index (χ4n) is 3.64. The molecule has 0 radical (unpaired) electrons. The molecule has 2 fully saturated rings. The van der Waals surface area contributed by atoms with Gasteiger partial charge in [0.1, 0.15) is 0 Å². The zero-order valence-electron chi connectivity index (χ0n) is 14.2. The van der Waals surface area contributed by atoms with Crippen LogP contribution in [0, 0.1) is 5.92 Å². The molecule has 21 heavy (non-hydrogen) atoms. The summed E-state index contributed by atoms with van der Waals surface area (Å²) in [7, 11) is 0. The van der Waals surface area contributed by atoms with Crippen LogP contribution in [-0.2, 0) is 4.79 Å². The van der Waals surface area contributed by atoms with E-state index in [1.54, 1.807) is 6.92 Å². The lowest BCUT2D eigenvalue weighted by Gasteiger charge is -2.37. The van der Waals surface area contributed by atoms with E-state index in [9.17, 15) is 4.79 Å². The summed E-state index contributed by atoms with van der Waals surface area (Å²) in [4.78, 5) is 18.5. The summed E-state index contributed by atoms with van der Waals surface area (Å²) in [6.45, 7) is 14.4. The van der Waals surface area contributed by atoms with Crippen molar-refractivity contribution in [1.29, 1.82) is 0 Å². The Morgan fingerprint density at radius 2 is 1.67 bits per heavy atom. The number of piperidine rings is 1. The molecule has 0 aromatic rings. The number of carbonyl (C=O) groups is 1. The van der Waals surface area contributed by atoms with Crippen molar-refractivity contribution in [3.8, 4) is 0 Å². The molecule has 4 heteroatoms. The van der Waals surface area contributed by atoms with Crippen LogP contribution in [0.15, 0.2) is 0 Å². The van der Waals surface area contributed by atoms with Crippen LogP contribution in [0.3, 0.4) is 0 Å². The molecule has 0 atom stereocenters. The first-order valence-electron chi connectivity index (χ1n) is 8.78. The van der Waals surface area contributed by atoms with E-state index in [0.717, 1.165) is 19.0 Å². The fourth-order valence-corrected chi connectivity index (χ4v) is 3.64. The first kappa shape index (κ1) is 16.8. The van der Waals surface area contributed by atoms with Crippen LogP contribution >= 0.6 is 0 Å². The first-order valence-corrected chi connectivity index (χ1v) is 8.78. The van der Waals surface area contributed by atoms with E-state index in [0.29, 0.717) is 6.04 Å². The second kappa shape index (κ2) is 8.14. The van der Waals surface area contributed by atoms with Gasteiger partial charge in [0.05, 0.1) is 0 Å². The highest BCUT2D eigenvalue weighted by molar-refractivity contribution is 5.73. The number of likely N-dealkylation sites (tertiary alicyclic amines) is 1. The number of piperazine rings is 1. The van der Waals surface area contributed by atoms with Crippen LogP contribution < -0.4 is 0 Å². The molecule has 122 valence electrons. The summed E-state index contributed by atoms with van der Waals surface area (Å²) in [5.41, 5.74) is 0. The van der Waals surface area contributed by atoms with Gasteiger partial charge in [0.15, 0.2) is 0 Å². The third-order valence-electron chi connectivity index (χ3n) is 5.28. The number of hydrogen-bond acceptors (Lipinski definition) is 3. The van der Waals surface area contributed by atoms with Gasteiger partial charge in [0.2, 0.25) is 5.91 Å². The minimum atomic E-state index is 0.247. The Hall–Kier alpha value is -0.610. The van der Waals surface area contributed by atoms with Crippen LogP contribution in [-0.4, -0.2) is 72.5 Å². The van der Waals surface area contributed by atoms with E-state index < -0.39 is 0 Å². The molecular weight excluding hydrogens is 262 g/mol. The molecule has 0 saturated carbocycles. The molecule has 0 unspecified atom stereocenters. The predicted octanol–water partition coefficient (Wildman–Crippen LogP) is 2.05. The van der Waals surface area contributed by atoms with E-state index in [4.69, 9.17) is 0 Å². The molecule has 0 aliphatic carbocycles. The molecular formula is C17H33N3O. The maximum absolute atomic E-state index is 11.3. The standard InChI is InChI=1S/C17H33N3O/c1-15(2)19-13-11-18(12-14-19)8-4-5-17-6-9-20(10-7-17)16(3)21/h15,17H,4-14H2,1-3H3. The zero-order chi connectivity index (χ0) is 15.2. The van der Waals surface area contributed by atoms with Gasteiger partial charge in [0.25, 0.3) is 0 Å². The second-order valence-corrected chi connectivity index (χ2v) is 7.06. The minimum absolute atomic E-state index is 0.247. The SMILES string of the molecule is CC(=O)N1CCC(CCCN2CCN(C(C)C)CC2)CC1. The van der Waals surface area contributed by atoms with E-state index in [2.05, 4.69) is 23.6 Å². The molecule has 0 aromatic carbocycles. The quantitative estimate of drug-likeness (QED) is 0.777. The monoisotopic (exact) mass is 295 g/mol. The molecule has 4 nitrogen and oxygen atoms in total. The van der Waals surface area contributed by atoms with Gasteiger partial charge in [0, 0.05) is 52.2 Å². The van der Waals surface area contributed by atoms with Gasteiger partial charge in [-0.25, -0.2) is 0 Å². The van der Waals surface area contributed by atoms with Crippen molar-refractivity contribution < 1.29 is 4.79 Å². The van der Waals surface area contributed by atoms with E-state index >= 15 is 0 Å². The molecule has 0 spiro atoms. The van der Waals surface area contributed by atoms with Crippen molar-refractivity contribution in [2.24, 2.45) is 5.92 Å². The molecule has 2 aliphatic rings. The minimum Gasteiger partial charge on any atom is -0.343 e. The normalized spacial score (nSPS) is 23.0. The lowest BCUT2D eigenvalue weighted by Crippen LogP contribution is -2.49. The van der Waals surface area contributed by atoms with Crippen molar-refractivity contribution in [1.82, 2.24) is 14.7 Å². The highest BCUT2D eigenvalue weighted by Crippen LogP contribution is 2.22. The van der Waals surface area contributed by atoms with Gasteiger partial charge in [-0.05, 0) is 52.0 Å². The van der Waals surface area contributed by atoms with E-state index in [1.165, 1.54) is 58.4 Å². The molecule has 2 aliphatic heterocycles. The van der Waals surface area contributed by atoms with Crippen molar-refractivity contribution in [3.05, 3.63) is 0 Å². The number of nitrogens with zero attached hydrogens (tertiary/aromatic N) is 3. The van der Waals surface area contributed by atoms with Crippen LogP contribution in [0.5, 0.6) is 0 Å². The number of amides is 1. The van der Waals surface area contributed by atoms with Gasteiger partial charge in [-0.3, -0.25) is 9.69 Å².